The van der Waals surface area contributed by atoms with Crippen LogP contribution in [0.15, 0.2) is 23.7 Å². The van der Waals surface area contributed by atoms with E-state index in [1.54, 1.807) is 15.9 Å². The van der Waals surface area contributed by atoms with Crippen LogP contribution in [0, 0.1) is 13.8 Å². The van der Waals surface area contributed by atoms with Gasteiger partial charge < -0.3 is 0 Å². The Hall–Kier alpha value is -1.39. The molecule has 0 spiro atoms. The molecule has 0 amide bonds. The van der Waals surface area contributed by atoms with Crippen LogP contribution < -0.4 is 0 Å². The molecule has 0 unspecified atom stereocenters. The second-order valence-corrected chi connectivity index (χ2v) is 5.19. The maximum absolute atomic E-state index is 6.27. The number of hydrogen-bond acceptors (Lipinski definition) is 3. The lowest BCUT2D eigenvalue weighted by Gasteiger charge is -2.04. The monoisotopic (exact) mass is 263 g/mol. The third kappa shape index (κ3) is 1.56. The zero-order valence-electron chi connectivity index (χ0n) is 9.44. The first kappa shape index (κ1) is 10.7. The number of hydrogen-bond donors (Lipinski definition) is 0. The number of fused-ring (bicyclic) bond motifs is 1. The van der Waals surface area contributed by atoms with Gasteiger partial charge in [0.15, 0.2) is 5.65 Å². The summed E-state index contributed by atoms with van der Waals surface area (Å²) in [5, 5.41) is 6.98. The molecule has 17 heavy (non-hydrogen) atoms. The van der Waals surface area contributed by atoms with Gasteiger partial charge in [0.25, 0.3) is 0 Å². The first-order chi connectivity index (χ1) is 8.18. The summed E-state index contributed by atoms with van der Waals surface area (Å²) in [5.41, 5.74) is 3.77. The number of aromatic nitrogens is 3. The Balaban J connectivity index is 2.37. The maximum Gasteiger partial charge on any atom is 0.165 e. The smallest absolute Gasteiger partial charge is 0.165 e. The van der Waals surface area contributed by atoms with E-state index in [1.165, 1.54) is 0 Å². The van der Waals surface area contributed by atoms with E-state index in [1.807, 2.05) is 31.5 Å². The molecule has 0 saturated carbocycles. The van der Waals surface area contributed by atoms with E-state index < -0.39 is 0 Å². The van der Waals surface area contributed by atoms with Crippen molar-refractivity contribution in [3.63, 3.8) is 0 Å². The Bertz CT molecular complexity index is 685. The van der Waals surface area contributed by atoms with Gasteiger partial charge in [-0.15, -0.1) is 11.3 Å². The summed E-state index contributed by atoms with van der Waals surface area (Å²) in [7, 11) is 0. The zero-order chi connectivity index (χ0) is 12.0. The van der Waals surface area contributed by atoms with Crippen LogP contribution in [0.25, 0.3) is 16.1 Å². The molecule has 0 aliphatic rings. The van der Waals surface area contributed by atoms with E-state index in [4.69, 9.17) is 11.6 Å². The van der Waals surface area contributed by atoms with Gasteiger partial charge in [-0.25, -0.2) is 9.50 Å². The van der Waals surface area contributed by atoms with Gasteiger partial charge in [0.1, 0.15) is 5.15 Å². The number of aryl methyl sites for hydroxylation is 1. The summed E-state index contributed by atoms with van der Waals surface area (Å²) >= 11 is 7.94. The average Bonchev–Trinajstić information content (AvgIpc) is 2.93. The van der Waals surface area contributed by atoms with Gasteiger partial charge in [0.2, 0.25) is 0 Å². The number of halogens is 1. The van der Waals surface area contributed by atoms with Crippen molar-refractivity contribution < 1.29 is 0 Å². The Labute approximate surface area is 108 Å². The van der Waals surface area contributed by atoms with Crippen molar-refractivity contribution in [2.45, 2.75) is 13.8 Å². The molecular formula is C12H10ClN3S. The molecule has 0 aliphatic heterocycles. The summed E-state index contributed by atoms with van der Waals surface area (Å²) in [5.74, 6) is 0. The molecule has 0 aliphatic carbocycles. The summed E-state index contributed by atoms with van der Waals surface area (Å²) in [4.78, 5) is 5.73. The molecule has 0 bridgehead atoms. The van der Waals surface area contributed by atoms with Gasteiger partial charge in [-0.3, -0.25) is 0 Å². The minimum Gasteiger partial charge on any atom is -0.233 e. The van der Waals surface area contributed by atoms with Crippen LogP contribution in [0.5, 0.6) is 0 Å². The Morgan fingerprint density at radius 1 is 1.35 bits per heavy atom. The van der Waals surface area contributed by atoms with Gasteiger partial charge in [-0.1, -0.05) is 17.7 Å². The largest absolute Gasteiger partial charge is 0.233 e. The lowest BCUT2D eigenvalue weighted by atomic mass is 10.2. The van der Waals surface area contributed by atoms with Gasteiger partial charge in [-0.05, 0) is 25.3 Å². The van der Waals surface area contributed by atoms with Crippen molar-refractivity contribution in [2.75, 3.05) is 0 Å². The third-order valence-corrected chi connectivity index (χ3v) is 4.19. The van der Waals surface area contributed by atoms with Crippen molar-refractivity contribution >= 4 is 28.6 Å². The Kier molecular flexibility index (Phi) is 2.42. The fourth-order valence-electron chi connectivity index (χ4n) is 1.75. The van der Waals surface area contributed by atoms with Crippen molar-refractivity contribution in [3.8, 4) is 10.4 Å². The van der Waals surface area contributed by atoms with Crippen LogP contribution in [0.2, 0.25) is 5.15 Å². The topological polar surface area (TPSA) is 30.2 Å². The van der Waals surface area contributed by atoms with E-state index >= 15 is 0 Å². The van der Waals surface area contributed by atoms with E-state index in [0.717, 1.165) is 27.3 Å². The van der Waals surface area contributed by atoms with Crippen LogP contribution in [0.4, 0.5) is 0 Å². The second-order valence-electron chi connectivity index (χ2n) is 3.88. The molecule has 3 aromatic heterocycles. The van der Waals surface area contributed by atoms with Crippen molar-refractivity contribution in [3.05, 3.63) is 40.1 Å². The molecular weight excluding hydrogens is 254 g/mol. The normalized spacial score (nSPS) is 11.2. The second kappa shape index (κ2) is 3.82. The lowest BCUT2D eigenvalue weighted by Crippen LogP contribution is -1.98. The maximum atomic E-state index is 6.27. The SMILES string of the molecule is Cc1nc2c(-c3cccs3)cnn2c(Cl)c1C. The van der Waals surface area contributed by atoms with Crippen LogP contribution in [0.1, 0.15) is 11.3 Å². The highest BCUT2D eigenvalue weighted by molar-refractivity contribution is 7.13. The quantitative estimate of drug-likeness (QED) is 0.626. The number of nitrogens with zero attached hydrogens (tertiary/aromatic N) is 3. The Morgan fingerprint density at radius 3 is 2.88 bits per heavy atom. The average molecular weight is 264 g/mol. The van der Waals surface area contributed by atoms with Crippen molar-refractivity contribution in [1.29, 1.82) is 0 Å². The molecule has 0 radical (unpaired) electrons. The van der Waals surface area contributed by atoms with Crippen LogP contribution in [-0.4, -0.2) is 14.6 Å². The molecule has 3 aromatic rings. The fourth-order valence-corrected chi connectivity index (χ4v) is 2.74. The van der Waals surface area contributed by atoms with E-state index in [2.05, 4.69) is 16.1 Å². The standard InChI is InChI=1S/C12H10ClN3S/c1-7-8(2)15-12-9(10-4-3-5-17-10)6-14-16(12)11(7)13/h3-6H,1-2H3. The molecule has 0 atom stereocenters. The summed E-state index contributed by atoms with van der Waals surface area (Å²) < 4.78 is 1.69. The van der Waals surface area contributed by atoms with E-state index in [9.17, 15) is 0 Å². The summed E-state index contributed by atoms with van der Waals surface area (Å²) in [6, 6.07) is 4.08. The summed E-state index contributed by atoms with van der Waals surface area (Å²) in [6.45, 7) is 3.92. The van der Waals surface area contributed by atoms with E-state index in [-0.39, 0.29) is 0 Å². The Morgan fingerprint density at radius 2 is 2.18 bits per heavy atom. The lowest BCUT2D eigenvalue weighted by molar-refractivity contribution is 0.916. The van der Waals surface area contributed by atoms with Crippen LogP contribution in [0.3, 0.4) is 0 Å². The molecule has 86 valence electrons. The predicted octanol–water partition coefficient (Wildman–Crippen LogP) is 3.73. The minimum absolute atomic E-state index is 0.635. The predicted molar refractivity (Wildman–Crippen MR) is 70.8 cm³/mol. The van der Waals surface area contributed by atoms with Gasteiger partial charge >= 0.3 is 0 Å². The molecule has 0 fully saturated rings. The summed E-state index contributed by atoms with van der Waals surface area (Å²) in [6.07, 6.45) is 1.82. The van der Waals surface area contributed by atoms with Crippen molar-refractivity contribution in [2.24, 2.45) is 0 Å². The molecule has 0 saturated heterocycles. The van der Waals surface area contributed by atoms with Crippen molar-refractivity contribution in [1.82, 2.24) is 14.6 Å². The molecule has 3 nitrogen and oxygen atoms in total. The highest BCUT2D eigenvalue weighted by Crippen LogP contribution is 2.30. The van der Waals surface area contributed by atoms with Gasteiger partial charge in [0, 0.05) is 16.1 Å². The van der Waals surface area contributed by atoms with E-state index in [0.29, 0.717) is 5.15 Å². The highest BCUT2D eigenvalue weighted by atomic mass is 35.5. The molecule has 3 rings (SSSR count). The molecule has 3 heterocycles. The number of thiophene rings is 1. The molecule has 0 aromatic carbocycles. The minimum atomic E-state index is 0.635. The third-order valence-electron chi connectivity index (χ3n) is 2.84. The molecule has 5 heteroatoms. The number of rotatable bonds is 1. The highest BCUT2D eigenvalue weighted by Gasteiger charge is 2.13. The zero-order valence-corrected chi connectivity index (χ0v) is 11.0. The van der Waals surface area contributed by atoms with Gasteiger partial charge in [0.05, 0.1) is 11.8 Å². The fraction of sp³-hybridized carbons (Fsp3) is 0.167. The first-order valence-corrected chi connectivity index (χ1v) is 6.48. The van der Waals surface area contributed by atoms with Gasteiger partial charge in [-0.2, -0.15) is 5.10 Å². The molecule has 0 N–H and O–H groups in total. The van der Waals surface area contributed by atoms with Crippen LogP contribution >= 0.6 is 22.9 Å². The first-order valence-electron chi connectivity index (χ1n) is 5.23. The van der Waals surface area contributed by atoms with Crippen LogP contribution in [-0.2, 0) is 0 Å².